The fraction of sp³-hybridized carbons (Fsp3) is 0.174. The van der Waals surface area contributed by atoms with Gasteiger partial charge >= 0.3 is 0 Å². The lowest BCUT2D eigenvalue weighted by atomic mass is 9.95. The van der Waals surface area contributed by atoms with Crippen molar-refractivity contribution in [2.75, 3.05) is 6.54 Å². The van der Waals surface area contributed by atoms with Gasteiger partial charge in [-0.3, -0.25) is 4.79 Å². The van der Waals surface area contributed by atoms with E-state index in [9.17, 15) is 14.3 Å². The molecule has 0 saturated heterocycles. The minimum atomic E-state index is -0.893. The van der Waals surface area contributed by atoms with Gasteiger partial charge in [-0.05, 0) is 55.3 Å². The van der Waals surface area contributed by atoms with Crippen LogP contribution in [0.3, 0.4) is 0 Å². The zero-order valence-electron chi connectivity index (χ0n) is 16.5. The topological polar surface area (TPSA) is 97.0 Å². The molecule has 7 heteroatoms. The van der Waals surface area contributed by atoms with Gasteiger partial charge in [-0.2, -0.15) is 5.26 Å². The average molecular weight is 421 g/mol. The molecule has 0 atom stereocenters. The monoisotopic (exact) mass is 421 g/mol. The first-order chi connectivity index (χ1) is 14.2. The molecule has 3 rings (SSSR count). The third-order valence-electron chi connectivity index (χ3n) is 4.37. The largest absolute Gasteiger partial charge is 0.389 e. The number of rotatable bonds is 6. The summed E-state index contributed by atoms with van der Waals surface area (Å²) in [6.07, 6.45) is 7.65. The Kier molecular flexibility index (Phi) is 6.11. The van der Waals surface area contributed by atoms with Crippen molar-refractivity contribution in [3.8, 4) is 17.2 Å². The van der Waals surface area contributed by atoms with Crippen molar-refractivity contribution in [2.45, 2.75) is 19.4 Å². The van der Waals surface area contributed by atoms with Gasteiger partial charge in [0.25, 0.3) is 0 Å². The number of hydrogen-bond donors (Lipinski definition) is 3. The lowest BCUT2D eigenvalue weighted by molar-refractivity contribution is 0.0835. The van der Waals surface area contributed by atoms with E-state index >= 15 is 0 Å². The number of carbonyl (C=O) groups excluding carboxylic acids is 1. The van der Waals surface area contributed by atoms with Crippen LogP contribution >= 0.6 is 11.3 Å². The molecule has 1 aliphatic carbocycles. The van der Waals surface area contributed by atoms with Crippen molar-refractivity contribution in [3.05, 3.63) is 75.4 Å². The number of benzene rings is 1. The molecule has 1 aromatic heterocycles. The number of carbonyl (C=O) groups is 1. The zero-order valence-corrected chi connectivity index (χ0v) is 17.3. The molecule has 0 spiro atoms. The molecule has 30 heavy (non-hydrogen) atoms. The molecule has 2 aromatic rings. The van der Waals surface area contributed by atoms with Crippen molar-refractivity contribution < 1.29 is 14.3 Å². The maximum absolute atomic E-state index is 14.2. The SMILES string of the molecule is CC(C)(O)CN/C=C1/C=C(c2sc(C=O)cc2-c2ccc(C#N)c(F)c2)C=CC1=N. The molecule has 152 valence electrons. The van der Waals surface area contributed by atoms with Gasteiger partial charge in [0, 0.05) is 28.8 Å². The van der Waals surface area contributed by atoms with Gasteiger partial charge in [-0.15, -0.1) is 11.3 Å². The van der Waals surface area contributed by atoms with Crippen molar-refractivity contribution in [1.29, 1.82) is 10.7 Å². The second kappa shape index (κ2) is 8.57. The predicted molar refractivity (Wildman–Crippen MR) is 117 cm³/mol. The summed E-state index contributed by atoms with van der Waals surface area (Å²) in [6, 6.07) is 7.85. The highest BCUT2D eigenvalue weighted by atomic mass is 32.1. The van der Waals surface area contributed by atoms with Crippen LogP contribution in [0, 0.1) is 22.6 Å². The minimum Gasteiger partial charge on any atom is -0.389 e. The number of aliphatic hydroxyl groups is 1. The molecule has 3 N–H and O–H groups in total. The number of nitrogens with zero attached hydrogens (tertiary/aromatic N) is 1. The molecule has 1 heterocycles. The molecule has 0 saturated carbocycles. The second-order valence-corrected chi connectivity index (χ2v) is 8.54. The van der Waals surface area contributed by atoms with Crippen LogP contribution in [0.1, 0.15) is 34.0 Å². The average Bonchev–Trinajstić information content (AvgIpc) is 3.13. The van der Waals surface area contributed by atoms with Gasteiger partial charge in [0.15, 0.2) is 6.29 Å². The van der Waals surface area contributed by atoms with Crippen LogP contribution in [0.2, 0.25) is 0 Å². The number of hydrogen-bond acceptors (Lipinski definition) is 6. The smallest absolute Gasteiger partial charge is 0.160 e. The van der Waals surface area contributed by atoms with E-state index in [4.69, 9.17) is 10.7 Å². The highest BCUT2D eigenvalue weighted by Crippen LogP contribution is 2.38. The number of nitrogens with one attached hydrogen (secondary N) is 2. The Morgan fingerprint density at radius 2 is 2.10 bits per heavy atom. The van der Waals surface area contributed by atoms with Crippen molar-refractivity contribution >= 4 is 28.9 Å². The van der Waals surface area contributed by atoms with Crippen molar-refractivity contribution in [1.82, 2.24) is 5.32 Å². The van der Waals surface area contributed by atoms with Crippen LogP contribution in [0.4, 0.5) is 4.39 Å². The summed E-state index contributed by atoms with van der Waals surface area (Å²) in [5, 5.41) is 29.9. The van der Waals surface area contributed by atoms with Crippen molar-refractivity contribution in [2.24, 2.45) is 0 Å². The third kappa shape index (κ3) is 4.79. The summed E-state index contributed by atoms with van der Waals surface area (Å²) in [5.74, 6) is -0.619. The summed E-state index contributed by atoms with van der Waals surface area (Å²) in [5.41, 5.74) is 2.01. The molecular weight excluding hydrogens is 401 g/mol. The lowest BCUT2D eigenvalue weighted by Gasteiger charge is -2.18. The van der Waals surface area contributed by atoms with Gasteiger partial charge in [-0.1, -0.05) is 12.1 Å². The fourth-order valence-corrected chi connectivity index (χ4v) is 3.90. The Morgan fingerprint density at radius 3 is 2.73 bits per heavy atom. The van der Waals surface area contributed by atoms with Gasteiger partial charge in [0.1, 0.15) is 11.9 Å². The number of allylic oxidation sites excluding steroid dienone is 5. The maximum Gasteiger partial charge on any atom is 0.160 e. The van der Waals surface area contributed by atoms with Gasteiger partial charge in [0.05, 0.1) is 21.8 Å². The van der Waals surface area contributed by atoms with Gasteiger partial charge < -0.3 is 15.8 Å². The number of nitriles is 1. The van der Waals surface area contributed by atoms with E-state index in [0.29, 0.717) is 33.8 Å². The first-order valence-electron chi connectivity index (χ1n) is 9.16. The summed E-state index contributed by atoms with van der Waals surface area (Å²) in [7, 11) is 0. The highest BCUT2D eigenvalue weighted by Gasteiger charge is 2.18. The zero-order chi connectivity index (χ0) is 21.9. The maximum atomic E-state index is 14.2. The molecule has 1 aromatic carbocycles. The highest BCUT2D eigenvalue weighted by molar-refractivity contribution is 7.15. The number of thiophene rings is 1. The normalized spacial score (nSPS) is 15.1. The Bertz CT molecular complexity index is 1140. The quantitative estimate of drug-likeness (QED) is 0.600. The number of aldehydes is 1. The second-order valence-electron chi connectivity index (χ2n) is 7.46. The molecule has 5 nitrogen and oxygen atoms in total. The molecule has 0 radical (unpaired) electrons. The minimum absolute atomic E-state index is 0.0422. The van der Waals surface area contributed by atoms with E-state index in [-0.39, 0.29) is 5.56 Å². The molecular formula is C23H20FN3O2S. The predicted octanol–water partition coefficient (Wildman–Crippen LogP) is 4.46. The van der Waals surface area contributed by atoms with Gasteiger partial charge in [0.2, 0.25) is 0 Å². The molecule has 0 unspecified atom stereocenters. The Labute approximate surface area is 178 Å². The summed E-state index contributed by atoms with van der Waals surface area (Å²) in [6.45, 7) is 3.68. The Balaban J connectivity index is 2.03. The van der Waals surface area contributed by atoms with Crippen LogP contribution in [-0.4, -0.2) is 29.3 Å². The van der Waals surface area contributed by atoms with E-state index in [1.54, 1.807) is 50.4 Å². The van der Waals surface area contributed by atoms with Gasteiger partial charge in [-0.25, -0.2) is 4.39 Å². The fourth-order valence-electron chi connectivity index (χ4n) is 2.90. The van der Waals surface area contributed by atoms with Crippen LogP contribution < -0.4 is 5.32 Å². The molecule has 1 aliphatic rings. The standard InChI is InChI=1S/C23H20FN3O2S/c1-23(2,29)13-27-11-17-7-15(5-6-21(17)26)22-19(9-18(12-28)30-22)14-3-4-16(10-25)20(24)8-14/h3-9,11-12,26-27,29H,13H2,1-2H3/b17-11-,26-21?. The first kappa shape index (κ1) is 21.4. The van der Waals surface area contributed by atoms with Crippen LogP contribution in [-0.2, 0) is 0 Å². The first-order valence-corrected chi connectivity index (χ1v) is 9.97. The summed E-state index contributed by atoms with van der Waals surface area (Å²) in [4.78, 5) is 12.6. The van der Waals surface area contributed by atoms with Crippen molar-refractivity contribution in [3.63, 3.8) is 0 Å². The number of halogens is 1. The van der Waals surface area contributed by atoms with Crippen LogP contribution in [0.15, 0.2) is 54.3 Å². The third-order valence-corrected chi connectivity index (χ3v) is 5.48. The lowest BCUT2D eigenvalue weighted by Crippen LogP contribution is -2.32. The van der Waals surface area contributed by atoms with E-state index in [1.165, 1.54) is 23.5 Å². The molecule has 0 aliphatic heterocycles. The molecule has 0 bridgehead atoms. The molecule has 0 amide bonds. The molecule has 0 fully saturated rings. The Hall–Kier alpha value is -3.34. The Morgan fingerprint density at radius 1 is 1.33 bits per heavy atom. The summed E-state index contributed by atoms with van der Waals surface area (Å²) >= 11 is 1.27. The summed E-state index contributed by atoms with van der Waals surface area (Å²) < 4.78 is 14.2. The van der Waals surface area contributed by atoms with E-state index in [1.807, 2.05) is 6.08 Å². The van der Waals surface area contributed by atoms with E-state index < -0.39 is 11.4 Å². The van der Waals surface area contributed by atoms with E-state index in [0.717, 1.165) is 16.7 Å². The van der Waals surface area contributed by atoms with Crippen LogP contribution in [0.25, 0.3) is 16.7 Å². The van der Waals surface area contributed by atoms with Crippen LogP contribution in [0.5, 0.6) is 0 Å². The van der Waals surface area contributed by atoms with E-state index in [2.05, 4.69) is 5.32 Å².